The Kier molecular flexibility index (Phi) is 10.6. The van der Waals surface area contributed by atoms with Crippen LogP contribution in [0.25, 0.3) is 0 Å². The lowest BCUT2D eigenvalue weighted by Gasteiger charge is -2.34. The van der Waals surface area contributed by atoms with Crippen LogP contribution < -0.4 is 9.62 Å². The fourth-order valence-electron chi connectivity index (χ4n) is 4.79. The van der Waals surface area contributed by atoms with Gasteiger partial charge in [0.1, 0.15) is 12.6 Å². The largest absolute Gasteiger partial charge is 0.355 e. The Morgan fingerprint density at radius 2 is 1.47 bits per heavy atom. The molecule has 0 saturated heterocycles. The van der Waals surface area contributed by atoms with E-state index in [2.05, 4.69) is 5.32 Å². The van der Waals surface area contributed by atoms with Crippen molar-refractivity contribution in [1.29, 1.82) is 0 Å². The van der Waals surface area contributed by atoms with Gasteiger partial charge in [-0.05, 0) is 73.4 Å². The molecule has 0 unspecified atom stereocenters. The van der Waals surface area contributed by atoms with Crippen molar-refractivity contribution < 1.29 is 18.0 Å². The molecule has 4 aromatic carbocycles. The van der Waals surface area contributed by atoms with Gasteiger partial charge in [0.05, 0.1) is 10.6 Å². The molecule has 43 heavy (non-hydrogen) atoms. The zero-order valence-electron chi connectivity index (χ0n) is 24.5. The number of carbonyl (C=O) groups is 2. The lowest BCUT2D eigenvalue weighted by atomic mass is 10.0. The maximum Gasteiger partial charge on any atom is 0.264 e. The highest BCUT2D eigenvalue weighted by atomic mass is 35.5. The second kappa shape index (κ2) is 14.4. The lowest BCUT2D eigenvalue weighted by molar-refractivity contribution is -0.140. The smallest absolute Gasteiger partial charge is 0.264 e. The predicted molar refractivity (Wildman–Crippen MR) is 172 cm³/mol. The first-order valence-corrected chi connectivity index (χ1v) is 15.9. The number of amides is 2. The summed E-state index contributed by atoms with van der Waals surface area (Å²) >= 11 is 6.52. The summed E-state index contributed by atoms with van der Waals surface area (Å²) < 4.78 is 29.2. The highest BCUT2D eigenvalue weighted by Gasteiger charge is 2.34. The Labute approximate surface area is 259 Å². The van der Waals surface area contributed by atoms with Crippen LogP contribution in [-0.2, 0) is 32.6 Å². The van der Waals surface area contributed by atoms with Crippen LogP contribution >= 0.6 is 11.6 Å². The van der Waals surface area contributed by atoms with Gasteiger partial charge in [-0.15, -0.1) is 0 Å². The summed E-state index contributed by atoms with van der Waals surface area (Å²) in [6.07, 6.45) is 0.234. The Bertz CT molecular complexity index is 1660. The number of rotatable bonds is 12. The van der Waals surface area contributed by atoms with E-state index in [0.29, 0.717) is 22.8 Å². The van der Waals surface area contributed by atoms with Gasteiger partial charge in [-0.25, -0.2) is 8.42 Å². The van der Waals surface area contributed by atoms with Crippen molar-refractivity contribution in [1.82, 2.24) is 10.2 Å². The van der Waals surface area contributed by atoms with Gasteiger partial charge in [-0.1, -0.05) is 84.4 Å². The fraction of sp³-hybridized carbons (Fsp3) is 0.235. The topological polar surface area (TPSA) is 86.8 Å². The molecule has 0 aliphatic heterocycles. The number of likely N-dealkylation sites (N-methyl/N-ethyl adjacent to an activating group) is 1. The minimum Gasteiger partial charge on any atom is -0.355 e. The van der Waals surface area contributed by atoms with Crippen molar-refractivity contribution in [3.8, 4) is 0 Å². The van der Waals surface area contributed by atoms with Crippen molar-refractivity contribution in [2.24, 2.45) is 0 Å². The van der Waals surface area contributed by atoms with Crippen LogP contribution in [0.2, 0.25) is 5.02 Å². The summed E-state index contributed by atoms with van der Waals surface area (Å²) in [6.45, 7) is 5.50. The maximum absolute atomic E-state index is 14.4. The minimum atomic E-state index is -4.15. The summed E-state index contributed by atoms with van der Waals surface area (Å²) in [4.78, 5) is 29.5. The second-order valence-electron chi connectivity index (χ2n) is 10.3. The van der Waals surface area contributed by atoms with Crippen LogP contribution in [0, 0.1) is 13.8 Å². The molecule has 0 aliphatic carbocycles. The maximum atomic E-state index is 14.4. The summed E-state index contributed by atoms with van der Waals surface area (Å²) in [5, 5.41) is 3.30. The molecule has 1 atom stereocenters. The summed E-state index contributed by atoms with van der Waals surface area (Å²) in [5.74, 6) is -0.875. The number of hydrogen-bond acceptors (Lipinski definition) is 4. The standard InChI is InChI=1S/C34H36ClN3O4S/c1-4-36-34(40)32(22-27-13-7-5-8-14-27)37(23-28-15-11-12-18-31(28)35)33(39)24-38(29-20-19-25(2)26(3)21-29)43(41,42)30-16-9-6-10-17-30/h5-21,32H,4,22-24H2,1-3H3,(H,36,40)/t32-/m0/s1. The molecule has 0 bridgehead atoms. The van der Waals surface area contributed by atoms with Crippen molar-refractivity contribution in [3.05, 3.63) is 130 Å². The molecule has 0 radical (unpaired) electrons. The summed E-state index contributed by atoms with van der Waals surface area (Å²) in [5.41, 5.74) is 3.74. The molecule has 0 heterocycles. The van der Waals surface area contributed by atoms with E-state index in [1.165, 1.54) is 17.0 Å². The highest BCUT2D eigenvalue weighted by molar-refractivity contribution is 7.92. The number of hydrogen-bond donors (Lipinski definition) is 1. The number of benzene rings is 4. The van der Waals surface area contributed by atoms with E-state index in [4.69, 9.17) is 11.6 Å². The third-order valence-electron chi connectivity index (χ3n) is 7.31. The van der Waals surface area contributed by atoms with Gasteiger partial charge in [0.2, 0.25) is 11.8 Å². The highest BCUT2D eigenvalue weighted by Crippen LogP contribution is 2.27. The van der Waals surface area contributed by atoms with Gasteiger partial charge in [-0.2, -0.15) is 0 Å². The molecular formula is C34H36ClN3O4S. The number of carbonyl (C=O) groups excluding carboxylic acids is 2. The molecular weight excluding hydrogens is 582 g/mol. The number of sulfonamides is 1. The lowest BCUT2D eigenvalue weighted by Crippen LogP contribution is -2.53. The average molecular weight is 618 g/mol. The van der Waals surface area contributed by atoms with Crippen molar-refractivity contribution in [2.75, 3.05) is 17.4 Å². The number of nitrogens with one attached hydrogen (secondary N) is 1. The molecule has 0 spiro atoms. The van der Waals surface area contributed by atoms with Gasteiger partial charge >= 0.3 is 0 Å². The first-order chi connectivity index (χ1) is 20.6. The number of anilines is 1. The molecule has 1 N–H and O–H groups in total. The van der Waals surface area contributed by atoms with Gasteiger partial charge in [-0.3, -0.25) is 13.9 Å². The first kappa shape index (κ1) is 31.8. The predicted octanol–water partition coefficient (Wildman–Crippen LogP) is 5.93. The van der Waals surface area contributed by atoms with E-state index in [1.54, 1.807) is 48.5 Å². The number of aryl methyl sites for hydroxylation is 2. The molecule has 0 saturated carbocycles. The zero-order chi connectivity index (χ0) is 31.0. The van der Waals surface area contributed by atoms with Crippen LogP contribution in [-0.4, -0.2) is 44.3 Å². The Hall–Kier alpha value is -4.14. The number of halogens is 1. The van der Waals surface area contributed by atoms with Crippen LogP contribution in [0.3, 0.4) is 0 Å². The third kappa shape index (κ3) is 7.83. The Morgan fingerprint density at radius 3 is 2.09 bits per heavy atom. The van der Waals surface area contributed by atoms with E-state index >= 15 is 0 Å². The molecule has 0 aromatic heterocycles. The van der Waals surface area contributed by atoms with Gasteiger partial charge in [0, 0.05) is 24.5 Å². The molecule has 4 rings (SSSR count). The van der Waals surface area contributed by atoms with Gasteiger partial charge in [0.15, 0.2) is 0 Å². The van der Waals surface area contributed by atoms with E-state index in [9.17, 15) is 18.0 Å². The normalized spacial score (nSPS) is 11.9. The van der Waals surface area contributed by atoms with Crippen molar-refractivity contribution >= 4 is 39.1 Å². The third-order valence-corrected chi connectivity index (χ3v) is 9.47. The van der Waals surface area contributed by atoms with Gasteiger partial charge < -0.3 is 10.2 Å². The first-order valence-electron chi connectivity index (χ1n) is 14.1. The molecule has 0 fully saturated rings. The van der Waals surface area contributed by atoms with Crippen LogP contribution in [0.15, 0.2) is 108 Å². The Morgan fingerprint density at radius 1 is 0.837 bits per heavy atom. The monoisotopic (exact) mass is 617 g/mol. The molecule has 9 heteroatoms. The van der Waals surface area contributed by atoms with E-state index in [0.717, 1.165) is 21.0 Å². The fourth-order valence-corrected chi connectivity index (χ4v) is 6.41. The molecule has 2 amide bonds. The van der Waals surface area contributed by atoms with Crippen LogP contribution in [0.4, 0.5) is 5.69 Å². The van der Waals surface area contributed by atoms with Crippen LogP contribution in [0.1, 0.15) is 29.2 Å². The molecule has 7 nitrogen and oxygen atoms in total. The summed E-state index contributed by atoms with van der Waals surface area (Å²) in [7, 11) is -4.15. The molecule has 4 aromatic rings. The van der Waals surface area contributed by atoms with Crippen LogP contribution in [0.5, 0.6) is 0 Å². The summed E-state index contributed by atoms with van der Waals surface area (Å²) in [6, 6.07) is 28.9. The number of nitrogens with zero attached hydrogens (tertiary/aromatic N) is 2. The van der Waals surface area contributed by atoms with Crippen molar-refractivity contribution in [2.45, 2.75) is 44.7 Å². The second-order valence-corrected chi connectivity index (χ2v) is 12.6. The molecule has 0 aliphatic rings. The van der Waals surface area contributed by atoms with E-state index < -0.39 is 28.5 Å². The van der Waals surface area contributed by atoms with E-state index in [1.807, 2.05) is 63.2 Å². The quantitative estimate of drug-likeness (QED) is 0.214. The SMILES string of the molecule is CCNC(=O)[C@H](Cc1ccccc1)N(Cc1ccccc1Cl)C(=O)CN(c1ccc(C)c(C)c1)S(=O)(=O)c1ccccc1. The Balaban J connectivity index is 1.81. The molecule has 224 valence electrons. The zero-order valence-corrected chi connectivity index (χ0v) is 26.1. The van der Waals surface area contributed by atoms with Crippen molar-refractivity contribution in [3.63, 3.8) is 0 Å². The van der Waals surface area contributed by atoms with Gasteiger partial charge in [0.25, 0.3) is 10.0 Å². The average Bonchev–Trinajstić information content (AvgIpc) is 3.01. The van der Waals surface area contributed by atoms with E-state index in [-0.39, 0.29) is 23.8 Å². The minimum absolute atomic E-state index is 0.0132.